The smallest absolute Gasteiger partial charge is 0.319 e. The Morgan fingerprint density at radius 2 is 1.63 bits per heavy atom. The molecular weight excluding hydrogens is 378 g/mol. The zero-order chi connectivity index (χ0) is 20.9. The number of fused-ring (bicyclic) bond motifs is 2. The first-order chi connectivity index (χ1) is 14.6. The Bertz CT molecular complexity index is 824. The van der Waals surface area contributed by atoms with Crippen molar-refractivity contribution in [3.05, 3.63) is 54.1 Å². The van der Waals surface area contributed by atoms with Crippen LogP contribution in [0.5, 0.6) is 11.5 Å². The highest BCUT2D eigenvalue weighted by Crippen LogP contribution is 2.24. The molecule has 6 heteroatoms. The van der Waals surface area contributed by atoms with Gasteiger partial charge in [-0.3, -0.25) is 0 Å². The molecule has 2 amide bonds. The van der Waals surface area contributed by atoms with Crippen LogP contribution in [0.4, 0.5) is 10.5 Å². The van der Waals surface area contributed by atoms with Crippen molar-refractivity contribution in [1.29, 1.82) is 0 Å². The summed E-state index contributed by atoms with van der Waals surface area (Å²) in [5, 5.41) is 6.14. The lowest BCUT2D eigenvalue weighted by atomic mass is 9.96. The van der Waals surface area contributed by atoms with Crippen LogP contribution < -0.4 is 25.0 Å². The van der Waals surface area contributed by atoms with Crippen LogP contribution in [0.1, 0.15) is 38.2 Å². The number of carbonyl (C=O) groups is 1. The fourth-order valence-electron chi connectivity index (χ4n) is 4.97. The minimum atomic E-state index is -0.123. The number of ether oxygens (including phenoxy) is 2. The largest absolute Gasteiger partial charge is 0.497 e. The summed E-state index contributed by atoms with van der Waals surface area (Å²) >= 11 is 0. The Kier molecular flexibility index (Phi) is 6.43. The van der Waals surface area contributed by atoms with E-state index in [1.54, 1.807) is 12.0 Å². The fraction of sp³-hybridized carbons (Fsp3) is 0.458. The summed E-state index contributed by atoms with van der Waals surface area (Å²) in [5.41, 5.74) is 2.13. The van der Waals surface area contributed by atoms with E-state index in [0.717, 1.165) is 36.6 Å². The van der Waals surface area contributed by atoms with E-state index in [2.05, 4.69) is 22.8 Å². The van der Waals surface area contributed by atoms with Crippen molar-refractivity contribution in [3.63, 3.8) is 0 Å². The van der Waals surface area contributed by atoms with Crippen LogP contribution in [0.2, 0.25) is 0 Å². The maximum absolute atomic E-state index is 12.5. The average Bonchev–Trinajstić information content (AvgIpc) is 2.98. The van der Waals surface area contributed by atoms with Gasteiger partial charge in [-0.25, -0.2) is 4.79 Å². The van der Waals surface area contributed by atoms with Gasteiger partial charge in [0.05, 0.1) is 25.8 Å². The molecule has 2 heterocycles. The van der Waals surface area contributed by atoms with Crippen molar-refractivity contribution in [2.24, 2.45) is 0 Å². The van der Waals surface area contributed by atoms with Gasteiger partial charge in [-0.2, -0.15) is 0 Å². The third-order valence-corrected chi connectivity index (χ3v) is 6.38. The molecule has 2 aliphatic heterocycles. The summed E-state index contributed by atoms with van der Waals surface area (Å²) in [6.45, 7) is 3.63. The molecule has 0 spiro atoms. The first kappa shape index (κ1) is 20.5. The van der Waals surface area contributed by atoms with E-state index in [-0.39, 0.29) is 12.1 Å². The van der Waals surface area contributed by atoms with Crippen molar-refractivity contribution in [2.45, 2.75) is 57.3 Å². The number of urea groups is 1. The lowest BCUT2D eigenvalue weighted by molar-refractivity contribution is -0.954. The molecule has 2 bridgehead atoms. The molecule has 3 N–H and O–H groups in total. The summed E-state index contributed by atoms with van der Waals surface area (Å²) in [6, 6.07) is 17.2. The molecule has 6 nitrogen and oxygen atoms in total. The van der Waals surface area contributed by atoms with Crippen LogP contribution in [0.3, 0.4) is 0 Å². The van der Waals surface area contributed by atoms with Gasteiger partial charge in [-0.15, -0.1) is 0 Å². The number of nitrogens with one attached hydrogen (secondary N) is 3. The van der Waals surface area contributed by atoms with Crippen LogP contribution in [-0.4, -0.2) is 37.9 Å². The molecule has 4 atom stereocenters. The van der Waals surface area contributed by atoms with Gasteiger partial charge in [0.2, 0.25) is 0 Å². The summed E-state index contributed by atoms with van der Waals surface area (Å²) in [4.78, 5) is 14.2. The summed E-state index contributed by atoms with van der Waals surface area (Å²) < 4.78 is 10.7. The second kappa shape index (κ2) is 9.39. The van der Waals surface area contributed by atoms with Gasteiger partial charge in [0.25, 0.3) is 0 Å². The maximum atomic E-state index is 12.5. The van der Waals surface area contributed by atoms with E-state index in [1.165, 1.54) is 18.4 Å². The van der Waals surface area contributed by atoms with E-state index < -0.39 is 0 Å². The molecule has 4 rings (SSSR count). The van der Waals surface area contributed by atoms with Crippen molar-refractivity contribution >= 4 is 11.7 Å². The van der Waals surface area contributed by atoms with Crippen molar-refractivity contribution in [3.8, 4) is 11.5 Å². The van der Waals surface area contributed by atoms with Gasteiger partial charge >= 0.3 is 6.03 Å². The molecule has 0 saturated carbocycles. The van der Waals surface area contributed by atoms with Crippen LogP contribution in [0.15, 0.2) is 48.5 Å². The van der Waals surface area contributed by atoms with Crippen molar-refractivity contribution in [2.75, 3.05) is 19.0 Å². The zero-order valence-electron chi connectivity index (χ0n) is 17.8. The topological polar surface area (TPSA) is 64.0 Å². The SMILES string of the molecule is CCOc1ccc(NC(=O)NC2C[C@H]3CC[C@@H](C2)[NH+]3Cc2ccc(OC)cc2)cc1. The Balaban J connectivity index is 1.28. The van der Waals surface area contributed by atoms with Gasteiger partial charge < -0.3 is 25.0 Å². The third-order valence-electron chi connectivity index (χ3n) is 6.38. The Morgan fingerprint density at radius 1 is 1.00 bits per heavy atom. The molecular formula is C24H32N3O3+. The van der Waals surface area contributed by atoms with Crippen LogP contribution in [0, 0.1) is 0 Å². The first-order valence-electron chi connectivity index (χ1n) is 10.9. The summed E-state index contributed by atoms with van der Waals surface area (Å²) in [5.74, 6) is 1.71. The molecule has 0 aliphatic carbocycles. The molecule has 2 aromatic rings. The molecule has 2 saturated heterocycles. The van der Waals surface area contributed by atoms with E-state index in [0.29, 0.717) is 18.7 Å². The minimum absolute atomic E-state index is 0.123. The predicted octanol–water partition coefficient (Wildman–Crippen LogP) is 2.99. The van der Waals surface area contributed by atoms with Gasteiger partial charge in [-0.05, 0) is 55.5 Å². The van der Waals surface area contributed by atoms with Crippen LogP contribution in [0.25, 0.3) is 0 Å². The zero-order valence-corrected chi connectivity index (χ0v) is 17.8. The normalized spacial score (nSPS) is 24.9. The number of rotatable bonds is 7. The second-order valence-electron chi connectivity index (χ2n) is 8.30. The van der Waals surface area contributed by atoms with E-state index in [9.17, 15) is 4.79 Å². The number of hydrogen-bond donors (Lipinski definition) is 3. The van der Waals surface area contributed by atoms with Crippen molar-refractivity contribution in [1.82, 2.24) is 5.32 Å². The molecule has 30 heavy (non-hydrogen) atoms. The lowest BCUT2D eigenvalue weighted by Crippen LogP contribution is -3.17. The Morgan fingerprint density at radius 3 is 2.23 bits per heavy atom. The molecule has 160 valence electrons. The van der Waals surface area contributed by atoms with Gasteiger partial charge in [0.15, 0.2) is 0 Å². The number of amides is 2. The molecule has 2 unspecified atom stereocenters. The van der Waals surface area contributed by atoms with Gasteiger partial charge in [-0.1, -0.05) is 0 Å². The number of quaternary nitrogens is 1. The summed E-state index contributed by atoms with van der Waals surface area (Å²) in [7, 11) is 1.70. The highest BCUT2D eigenvalue weighted by molar-refractivity contribution is 5.89. The Labute approximate surface area is 178 Å². The fourth-order valence-corrected chi connectivity index (χ4v) is 4.97. The number of piperidine rings is 1. The Hall–Kier alpha value is -2.73. The molecule has 0 aromatic heterocycles. The quantitative estimate of drug-likeness (QED) is 0.658. The standard InChI is InChI=1S/C24H31N3O3/c1-3-30-23-12-6-18(7-13-23)25-24(28)26-19-14-20-8-9-21(15-19)27(20)16-17-4-10-22(29-2)11-5-17/h4-7,10-13,19-21H,3,8-9,14-16H2,1-2H3,(H2,25,26,28)/p+1/t19?,20-,21+. The predicted molar refractivity (Wildman–Crippen MR) is 117 cm³/mol. The number of hydrogen-bond acceptors (Lipinski definition) is 3. The minimum Gasteiger partial charge on any atom is -0.497 e. The number of benzene rings is 2. The third kappa shape index (κ3) is 4.87. The number of methoxy groups -OCH3 is 1. The molecule has 2 fully saturated rings. The van der Waals surface area contributed by atoms with E-state index in [4.69, 9.17) is 9.47 Å². The van der Waals surface area contributed by atoms with Crippen LogP contribution >= 0.6 is 0 Å². The summed E-state index contributed by atoms with van der Waals surface area (Å²) in [6.07, 6.45) is 4.57. The number of anilines is 1. The van der Waals surface area contributed by atoms with Crippen LogP contribution in [-0.2, 0) is 6.54 Å². The highest BCUT2D eigenvalue weighted by Gasteiger charge is 2.44. The van der Waals surface area contributed by atoms with E-state index >= 15 is 0 Å². The molecule has 0 radical (unpaired) electrons. The maximum Gasteiger partial charge on any atom is 0.319 e. The average molecular weight is 411 g/mol. The molecule has 2 aliphatic rings. The highest BCUT2D eigenvalue weighted by atomic mass is 16.5. The van der Waals surface area contributed by atoms with Crippen molar-refractivity contribution < 1.29 is 19.2 Å². The first-order valence-corrected chi connectivity index (χ1v) is 10.9. The number of carbonyl (C=O) groups excluding carboxylic acids is 1. The van der Waals surface area contributed by atoms with Gasteiger partial charge in [0.1, 0.15) is 18.0 Å². The monoisotopic (exact) mass is 410 g/mol. The van der Waals surface area contributed by atoms with E-state index in [1.807, 2.05) is 43.3 Å². The lowest BCUT2D eigenvalue weighted by Gasteiger charge is -2.36. The second-order valence-corrected chi connectivity index (χ2v) is 8.30. The van der Waals surface area contributed by atoms with Gasteiger partial charge in [0, 0.05) is 43.0 Å². The molecule has 2 aromatic carbocycles.